The molecule has 0 N–H and O–H groups in total. The monoisotopic (exact) mass is 182 g/mol. The van der Waals surface area contributed by atoms with Crippen LogP contribution in [0.1, 0.15) is 33.6 Å². The maximum atomic E-state index is 11.0. The molecule has 0 spiro atoms. The highest BCUT2D eigenvalue weighted by Gasteiger charge is 2.07. The molecular formula is C11H18O2. The predicted octanol–water partition coefficient (Wildman–Crippen LogP) is 2.85. The first-order chi connectivity index (χ1) is 5.97. The average Bonchev–Trinajstić information content (AvgIpc) is 2.02. The van der Waals surface area contributed by atoms with Crippen LogP contribution in [0.4, 0.5) is 0 Å². The Kier molecular flexibility index (Phi) is 5.12. The summed E-state index contributed by atoms with van der Waals surface area (Å²) in [6.07, 6.45) is 1.17. The number of carbonyl (C=O) groups excluding carboxylic acids is 1. The number of methoxy groups -OCH3 is 1. The second kappa shape index (κ2) is 5.57. The van der Waals surface area contributed by atoms with Gasteiger partial charge in [0.25, 0.3) is 0 Å². The summed E-state index contributed by atoms with van der Waals surface area (Å²) in [5.74, 6) is -0.183. The molecule has 0 aromatic carbocycles. The first-order valence-electron chi connectivity index (χ1n) is 4.33. The van der Waals surface area contributed by atoms with E-state index < -0.39 is 0 Å². The van der Waals surface area contributed by atoms with E-state index in [0.717, 1.165) is 17.6 Å². The van der Waals surface area contributed by atoms with Crippen LogP contribution < -0.4 is 0 Å². The fourth-order valence-electron chi connectivity index (χ4n) is 1.03. The Morgan fingerprint density at radius 1 is 1.23 bits per heavy atom. The average molecular weight is 182 g/mol. The third-order valence-corrected chi connectivity index (χ3v) is 1.81. The number of hydrogen-bond acceptors (Lipinski definition) is 2. The fraction of sp³-hybridized carbons (Fsp3) is 0.545. The molecule has 0 amide bonds. The lowest BCUT2D eigenvalue weighted by Crippen LogP contribution is -2.03. The highest BCUT2D eigenvalue weighted by atomic mass is 16.5. The highest BCUT2D eigenvalue weighted by Crippen LogP contribution is 2.17. The van der Waals surface area contributed by atoms with Gasteiger partial charge >= 0.3 is 5.97 Å². The summed E-state index contributed by atoms with van der Waals surface area (Å²) < 4.78 is 4.61. The van der Waals surface area contributed by atoms with Gasteiger partial charge in [-0.1, -0.05) is 23.3 Å². The van der Waals surface area contributed by atoms with Crippen molar-refractivity contribution in [1.82, 2.24) is 0 Å². The van der Waals surface area contributed by atoms with Crippen molar-refractivity contribution < 1.29 is 9.53 Å². The molecule has 0 radical (unpaired) electrons. The van der Waals surface area contributed by atoms with E-state index in [0.29, 0.717) is 6.42 Å². The van der Waals surface area contributed by atoms with Gasteiger partial charge in [-0.3, -0.25) is 4.79 Å². The van der Waals surface area contributed by atoms with Crippen LogP contribution in [-0.4, -0.2) is 13.1 Å². The molecule has 2 nitrogen and oxygen atoms in total. The lowest BCUT2D eigenvalue weighted by atomic mass is 10.0. The maximum absolute atomic E-state index is 11.0. The Morgan fingerprint density at radius 2 is 1.77 bits per heavy atom. The van der Waals surface area contributed by atoms with E-state index in [-0.39, 0.29) is 5.97 Å². The molecular weight excluding hydrogens is 164 g/mol. The second-order valence-electron chi connectivity index (χ2n) is 3.49. The van der Waals surface area contributed by atoms with Crippen molar-refractivity contribution in [3.63, 3.8) is 0 Å². The van der Waals surface area contributed by atoms with Crippen LogP contribution in [0.2, 0.25) is 0 Å². The fourth-order valence-corrected chi connectivity index (χ4v) is 1.03. The maximum Gasteiger partial charge on any atom is 0.309 e. The summed E-state index contributed by atoms with van der Waals surface area (Å²) in [5, 5.41) is 0. The molecule has 2 heteroatoms. The van der Waals surface area contributed by atoms with E-state index in [1.807, 2.05) is 20.8 Å². The van der Waals surface area contributed by atoms with Crippen molar-refractivity contribution in [3.8, 4) is 0 Å². The normalized spacial score (nSPS) is 9.23. The second-order valence-corrected chi connectivity index (χ2v) is 3.49. The third kappa shape index (κ3) is 5.23. The van der Waals surface area contributed by atoms with E-state index in [2.05, 4.69) is 11.3 Å². The van der Waals surface area contributed by atoms with E-state index in [4.69, 9.17) is 0 Å². The molecule has 0 atom stereocenters. The number of esters is 1. The Hall–Kier alpha value is -1.05. The number of hydrogen-bond donors (Lipinski definition) is 0. The molecule has 0 aliphatic carbocycles. The summed E-state index contributed by atoms with van der Waals surface area (Å²) in [4.78, 5) is 11.0. The lowest BCUT2D eigenvalue weighted by Gasteiger charge is -2.08. The van der Waals surface area contributed by atoms with Crippen molar-refractivity contribution in [2.75, 3.05) is 7.11 Å². The van der Waals surface area contributed by atoms with Crippen molar-refractivity contribution >= 4 is 5.97 Å². The SMILES string of the molecule is C=C(C)CC(CC(=O)OC)=C(C)C. The quantitative estimate of drug-likeness (QED) is 0.493. The van der Waals surface area contributed by atoms with Gasteiger partial charge < -0.3 is 4.74 Å². The standard InChI is InChI=1S/C11H18O2/c1-8(2)6-10(9(3)4)7-11(12)13-5/h1,6-7H2,2-5H3. The zero-order valence-corrected chi connectivity index (χ0v) is 8.94. The van der Waals surface area contributed by atoms with Crippen LogP contribution in [-0.2, 0) is 9.53 Å². The van der Waals surface area contributed by atoms with Gasteiger partial charge in [0.15, 0.2) is 0 Å². The van der Waals surface area contributed by atoms with E-state index in [1.54, 1.807) is 0 Å². The van der Waals surface area contributed by atoms with Gasteiger partial charge in [-0.25, -0.2) is 0 Å². The molecule has 0 saturated heterocycles. The van der Waals surface area contributed by atoms with Crippen LogP contribution in [0.25, 0.3) is 0 Å². The number of allylic oxidation sites excluding steroid dienone is 2. The van der Waals surface area contributed by atoms with Gasteiger partial charge in [-0.05, 0) is 27.2 Å². The Labute approximate surface area is 80.3 Å². The molecule has 0 unspecified atom stereocenters. The summed E-state index contributed by atoms with van der Waals surface area (Å²) in [7, 11) is 1.41. The van der Waals surface area contributed by atoms with Crippen molar-refractivity contribution in [2.45, 2.75) is 33.6 Å². The topological polar surface area (TPSA) is 26.3 Å². The number of rotatable bonds is 4. The summed E-state index contributed by atoms with van der Waals surface area (Å²) >= 11 is 0. The molecule has 13 heavy (non-hydrogen) atoms. The summed E-state index contributed by atoms with van der Waals surface area (Å²) in [6.45, 7) is 9.79. The largest absolute Gasteiger partial charge is 0.469 e. The van der Waals surface area contributed by atoms with Crippen molar-refractivity contribution in [3.05, 3.63) is 23.3 Å². The van der Waals surface area contributed by atoms with Gasteiger partial charge in [-0.2, -0.15) is 0 Å². The minimum Gasteiger partial charge on any atom is -0.469 e. The predicted molar refractivity (Wildman–Crippen MR) is 54.4 cm³/mol. The van der Waals surface area contributed by atoms with E-state index in [9.17, 15) is 4.79 Å². The molecule has 0 aliphatic rings. The van der Waals surface area contributed by atoms with Gasteiger partial charge in [0, 0.05) is 0 Å². The number of carbonyl (C=O) groups is 1. The van der Waals surface area contributed by atoms with Crippen LogP contribution in [0.15, 0.2) is 23.3 Å². The Bertz CT molecular complexity index is 232. The molecule has 0 heterocycles. The Balaban J connectivity index is 4.38. The van der Waals surface area contributed by atoms with Crippen molar-refractivity contribution in [1.29, 1.82) is 0 Å². The molecule has 0 fully saturated rings. The smallest absolute Gasteiger partial charge is 0.309 e. The van der Waals surface area contributed by atoms with Crippen LogP contribution in [0, 0.1) is 0 Å². The molecule has 74 valence electrons. The van der Waals surface area contributed by atoms with Gasteiger partial charge in [0.2, 0.25) is 0 Å². The summed E-state index contributed by atoms with van der Waals surface area (Å²) in [6, 6.07) is 0. The molecule has 0 aromatic heterocycles. The van der Waals surface area contributed by atoms with E-state index >= 15 is 0 Å². The van der Waals surface area contributed by atoms with E-state index in [1.165, 1.54) is 12.7 Å². The van der Waals surface area contributed by atoms with Crippen LogP contribution in [0.3, 0.4) is 0 Å². The first kappa shape index (κ1) is 11.9. The molecule has 0 aliphatic heterocycles. The molecule has 0 saturated carbocycles. The molecule has 0 aromatic rings. The van der Waals surface area contributed by atoms with Gasteiger partial charge in [0.05, 0.1) is 13.5 Å². The van der Waals surface area contributed by atoms with Gasteiger partial charge in [0.1, 0.15) is 0 Å². The number of ether oxygens (including phenoxy) is 1. The lowest BCUT2D eigenvalue weighted by molar-refractivity contribution is -0.139. The van der Waals surface area contributed by atoms with Crippen molar-refractivity contribution in [2.24, 2.45) is 0 Å². The minimum atomic E-state index is -0.183. The third-order valence-electron chi connectivity index (χ3n) is 1.81. The van der Waals surface area contributed by atoms with Crippen LogP contribution in [0.5, 0.6) is 0 Å². The molecule has 0 bridgehead atoms. The molecule has 0 rings (SSSR count). The van der Waals surface area contributed by atoms with Gasteiger partial charge in [-0.15, -0.1) is 0 Å². The highest BCUT2D eigenvalue weighted by molar-refractivity contribution is 5.72. The van der Waals surface area contributed by atoms with Crippen LogP contribution >= 0.6 is 0 Å². The first-order valence-corrected chi connectivity index (χ1v) is 4.33. The zero-order chi connectivity index (χ0) is 10.4. The Morgan fingerprint density at radius 3 is 2.08 bits per heavy atom. The summed E-state index contributed by atoms with van der Waals surface area (Å²) in [5.41, 5.74) is 3.35. The minimum absolute atomic E-state index is 0.183. The zero-order valence-electron chi connectivity index (χ0n) is 8.94.